The summed E-state index contributed by atoms with van der Waals surface area (Å²) in [6.07, 6.45) is 0. The van der Waals surface area contributed by atoms with E-state index in [1.54, 1.807) is 26.4 Å². The van der Waals surface area contributed by atoms with Crippen LogP contribution in [-0.2, 0) is 11.3 Å². The van der Waals surface area contributed by atoms with Gasteiger partial charge in [-0.3, -0.25) is 4.79 Å². The van der Waals surface area contributed by atoms with Crippen LogP contribution in [0.3, 0.4) is 0 Å². The highest BCUT2D eigenvalue weighted by atomic mass is 16.5. The van der Waals surface area contributed by atoms with Crippen LogP contribution >= 0.6 is 0 Å². The lowest BCUT2D eigenvalue weighted by Gasteiger charge is -2.09. The number of nitrogens with zero attached hydrogens (tertiary/aromatic N) is 4. The predicted octanol–water partition coefficient (Wildman–Crippen LogP) is 2.30. The molecule has 0 radical (unpaired) electrons. The Labute approximate surface area is 150 Å². The first kappa shape index (κ1) is 17.4. The van der Waals surface area contributed by atoms with Crippen molar-refractivity contribution in [3.8, 4) is 22.9 Å². The second-order valence-corrected chi connectivity index (χ2v) is 5.60. The summed E-state index contributed by atoms with van der Waals surface area (Å²) in [5, 5.41) is 15.0. The van der Waals surface area contributed by atoms with Crippen molar-refractivity contribution in [2.24, 2.45) is 0 Å². The highest BCUT2D eigenvalue weighted by Crippen LogP contribution is 2.35. The second-order valence-electron chi connectivity index (χ2n) is 5.60. The standard InChI is InChI=1S/C18H19N5O3/c1-12-7-9-13(10-8-12)19-16(24)11-23-21-18(20-22-23)14-5-4-6-15(25-2)17(14)26-3/h4-10H,11H2,1-3H3,(H,19,24). The molecule has 0 unspecified atom stereocenters. The molecule has 0 atom stereocenters. The fourth-order valence-corrected chi connectivity index (χ4v) is 2.45. The number of methoxy groups -OCH3 is 2. The molecule has 8 nitrogen and oxygen atoms in total. The summed E-state index contributed by atoms with van der Waals surface area (Å²) in [5.41, 5.74) is 2.48. The van der Waals surface area contributed by atoms with Crippen LogP contribution in [0.2, 0.25) is 0 Å². The predicted molar refractivity (Wildman–Crippen MR) is 96.2 cm³/mol. The molecular formula is C18H19N5O3. The molecule has 8 heteroatoms. The number of para-hydroxylation sites is 1. The molecule has 1 aromatic heterocycles. The zero-order valence-electron chi connectivity index (χ0n) is 14.8. The topological polar surface area (TPSA) is 91.2 Å². The minimum Gasteiger partial charge on any atom is -0.493 e. The quantitative estimate of drug-likeness (QED) is 0.731. The number of carbonyl (C=O) groups is 1. The van der Waals surface area contributed by atoms with Gasteiger partial charge in [-0.05, 0) is 36.4 Å². The first-order chi connectivity index (χ1) is 12.6. The Morgan fingerprint density at radius 1 is 1.12 bits per heavy atom. The number of carbonyl (C=O) groups excluding carboxylic acids is 1. The lowest BCUT2D eigenvalue weighted by Crippen LogP contribution is -2.20. The first-order valence-corrected chi connectivity index (χ1v) is 7.96. The smallest absolute Gasteiger partial charge is 0.248 e. The van der Waals surface area contributed by atoms with E-state index in [9.17, 15) is 4.79 Å². The van der Waals surface area contributed by atoms with E-state index in [1.165, 1.54) is 4.80 Å². The van der Waals surface area contributed by atoms with Gasteiger partial charge in [0.15, 0.2) is 11.5 Å². The van der Waals surface area contributed by atoms with Gasteiger partial charge in [0.25, 0.3) is 0 Å². The van der Waals surface area contributed by atoms with E-state index in [0.29, 0.717) is 22.9 Å². The largest absolute Gasteiger partial charge is 0.493 e. The van der Waals surface area contributed by atoms with E-state index in [1.807, 2.05) is 37.3 Å². The molecule has 0 fully saturated rings. The molecule has 1 amide bonds. The third-order valence-electron chi connectivity index (χ3n) is 3.72. The summed E-state index contributed by atoms with van der Waals surface area (Å²) in [6, 6.07) is 12.9. The second kappa shape index (κ2) is 7.64. The molecule has 134 valence electrons. The van der Waals surface area contributed by atoms with Crippen LogP contribution in [0.1, 0.15) is 5.56 Å². The van der Waals surface area contributed by atoms with E-state index in [4.69, 9.17) is 9.47 Å². The van der Waals surface area contributed by atoms with Crippen molar-refractivity contribution in [1.29, 1.82) is 0 Å². The zero-order valence-corrected chi connectivity index (χ0v) is 14.8. The van der Waals surface area contributed by atoms with Crippen LogP contribution in [0.5, 0.6) is 11.5 Å². The van der Waals surface area contributed by atoms with E-state index >= 15 is 0 Å². The molecule has 0 aliphatic rings. The lowest BCUT2D eigenvalue weighted by atomic mass is 10.2. The highest BCUT2D eigenvalue weighted by molar-refractivity contribution is 5.90. The van der Waals surface area contributed by atoms with E-state index in [0.717, 1.165) is 11.3 Å². The van der Waals surface area contributed by atoms with Gasteiger partial charge in [-0.1, -0.05) is 23.8 Å². The van der Waals surface area contributed by atoms with Crippen molar-refractivity contribution in [3.05, 3.63) is 48.0 Å². The molecule has 3 rings (SSSR count). The van der Waals surface area contributed by atoms with Crippen molar-refractivity contribution in [3.63, 3.8) is 0 Å². The molecule has 2 aromatic carbocycles. The fourth-order valence-electron chi connectivity index (χ4n) is 2.45. The SMILES string of the molecule is COc1cccc(-c2nnn(CC(=O)Nc3ccc(C)cc3)n2)c1OC. The van der Waals surface area contributed by atoms with E-state index in [-0.39, 0.29) is 12.5 Å². The number of aromatic nitrogens is 4. The Bertz CT molecular complexity index is 905. The Hall–Kier alpha value is -3.42. The maximum atomic E-state index is 12.2. The van der Waals surface area contributed by atoms with Gasteiger partial charge < -0.3 is 14.8 Å². The minimum absolute atomic E-state index is 0.0485. The molecular weight excluding hydrogens is 334 g/mol. The van der Waals surface area contributed by atoms with Crippen molar-refractivity contribution >= 4 is 11.6 Å². The number of nitrogens with one attached hydrogen (secondary N) is 1. The fraction of sp³-hybridized carbons (Fsp3) is 0.222. The summed E-state index contributed by atoms with van der Waals surface area (Å²) >= 11 is 0. The van der Waals surface area contributed by atoms with Crippen molar-refractivity contribution in [2.75, 3.05) is 19.5 Å². The van der Waals surface area contributed by atoms with Gasteiger partial charge in [-0.2, -0.15) is 4.80 Å². The monoisotopic (exact) mass is 353 g/mol. The van der Waals surface area contributed by atoms with Crippen molar-refractivity contribution < 1.29 is 14.3 Å². The normalized spacial score (nSPS) is 10.4. The molecule has 1 N–H and O–H groups in total. The minimum atomic E-state index is -0.240. The molecule has 0 spiro atoms. The number of hydrogen-bond acceptors (Lipinski definition) is 6. The average Bonchev–Trinajstić information content (AvgIpc) is 3.11. The zero-order chi connectivity index (χ0) is 18.5. The Balaban J connectivity index is 1.74. The number of aryl methyl sites for hydroxylation is 1. The molecule has 0 saturated heterocycles. The molecule has 0 saturated carbocycles. The van der Waals surface area contributed by atoms with Crippen LogP contribution in [0.25, 0.3) is 11.4 Å². The molecule has 0 bridgehead atoms. The molecule has 0 aliphatic carbocycles. The third-order valence-corrected chi connectivity index (χ3v) is 3.72. The number of anilines is 1. The summed E-state index contributed by atoms with van der Waals surface area (Å²) < 4.78 is 10.7. The maximum absolute atomic E-state index is 12.2. The number of hydrogen-bond donors (Lipinski definition) is 1. The number of benzene rings is 2. The Morgan fingerprint density at radius 3 is 2.58 bits per heavy atom. The van der Waals surface area contributed by atoms with Gasteiger partial charge in [0.2, 0.25) is 11.7 Å². The van der Waals surface area contributed by atoms with Crippen LogP contribution in [0.15, 0.2) is 42.5 Å². The van der Waals surface area contributed by atoms with Gasteiger partial charge in [-0.15, -0.1) is 10.2 Å². The van der Waals surface area contributed by atoms with E-state index in [2.05, 4.69) is 20.7 Å². The summed E-state index contributed by atoms with van der Waals surface area (Å²) in [6.45, 7) is 1.94. The lowest BCUT2D eigenvalue weighted by molar-refractivity contribution is -0.117. The molecule has 1 heterocycles. The average molecular weight is 353 g/mol. The molecule has 0 aliphatic heterocycles. The number of tetrazole rings is 1. The number of amides is 1. The maximum Gasteiger partial charge on any atom is 0.248 e. The molecule has 26 heavy (non-hydrogen) atoms. The molecule has 3 aromatic rings. The van der Waals surface area contributed by atoms with Gasteiger partial charge >= 0.3 is 0 Å². The van der Waals surface area contributed by atoms with Crippen LogP contribution in [0, 0.1) is 6.92 Å². The van der Waals surface area contributed by atoms with E-state index < -0.39 is 0 Å². The van der Waals surface area contributed by atoms with Crippen LogP contribution in [0.4, 0.5) is 5.69 Å². The highest BCUT2D eigenvalue weighted by Gasteiger charge is 2.16. The van der Waals surface area contributed by atoms with Crippen LogP contribution in [-0.4, -0.2) is 40.3 Å². The number of ether oxygens (including phenoxy) is 2. The van der Waals surface area contributed by atoms with Crippen molar-refractivity contribution in [2.45, 2.75) is 13.5 Å². The van der Waals surface area contributed by atoms with Gasteiger partial charge in [0.1, 0.15) is 6.54 Å². The first-order valence-electron chi connectivity index (χ1n) is 7.96. The Morgan fingerprint density at radius 2 is 1.88 bits per heavy atom. The number of rotatable bonds is 6. The summed E-state index contributed by atoms with van der Waals surface area (Å²) in [4.78, 5) is 13.4. The van der Waals surface area contributed by atoms with Gasteiger partial charge in [0.05, 0.1) is 19.8 Å². The summed E-state index contributed by atoms with van der Waals surface area (Å²) in [5.74, 6) is 1.19. The Kier molecular flexibility index (Phi) is 5.12. The van der Waals surface area contributed by atoms with Crippen LogP contribution < -0.4 is 14.8 Å². The van der Waals surface area contributed by atoms with Gasteiger partial charge in [-0.25, -0.2) is 0 Å². The third kappa shape index (κ3) is 3.80. The van der Waals surface area contributed by atoms with Gasteiger partial charge in [0, 0.05) is 5.69 Å². The summed E-state index contributed by atoms with van der Waals surface area (Å²) in [7, 11) is 3.10. The van der Waals surface area contributed by atoms with Crippen molar-refractivity contribution in [1.82, 2.24) is 20.2 Å².